The van der Waals surface area contributed by atoms with E-state index in [9.17, 15) is 9.59 Å². The van der Waals surface area contributed by atoms with Crippen molar-refractivity contribution in [1.29, 1.82) is 0 Å². The molecule has 1 aromatic carbocycles. The summed E-state index contributed by atoms with van der Waals surface area (Å²) in [7, 11) is 0. The van der Waals surface area contributed by atoms with Crippen LogP contribution >= 0.6 is 0 Å². The monoisotopic (exact) mass is 221 g/mol. The van der Waals surface area contributed by atoms with Crippen molar-refractivity contribution in [3.05, 3.63) is 35.9 Å². The minimum Gasteiger partial charge on any atom is -0.481 e. The molecule has 0 amide bonds. The first-order chi connectivity index (χ1) is 7.59. The molecule has 4 heteroatoms. The minimum atomic E-state index is -0.972. The van der Waals surface area contributed by atoms with Crippen LogP contribution in [0.4, 0.5) is 0 Å². The van der Waals surface area contributed by atoms with E-state index in [4.69, 9.17) is 10.8 Å². The Bertz CT molecular complexity index is 362. The van der Waals surface area contributed by atoms with E-state index in [-0.39, 0.29) is 18.6 Å². The van der Waals surface area contributed by atoms with Gasteiger partial charge in [0.25, 0.3) is 0 Å². The normalized spacial score (nSPS) is 12.1. The van der Waals surface area contributed by atoms with Gasteiger partial charge in [-0.15, -0.1) is 0 Å². The van der Waals surface area contributed by atoms with E-state index >= 15 is 0 Å². The van der Waals surface area contributed by atoms with Crippen molar-refractivity contribution in [3.8, 4) is 0 Å². The van der Waals surface area contributed by atoms with E-state index in [1.807, 2.05) is 30.3 Å². The van der Waals surface area contributed by atoms with Crippen molar-refractivity contribution in [2.45, 2.75) is 25.3 Å². The average molecular weight is 221 g/mol. The summed E-state index contributed by atoms with van der Waals surface area (Å²) in [6, 6.07) is 8.82. The van der Waals surface area contributed by atoms with Gasteiger partial charge in [0.1, 0.15) is 5.78 Å². The smallest absolute Gasteiger partial charge is 0.303 e. The first kappa shape index (κ1) is 12.4. The molecule has 0 bridgehead atoms. The first-order valence-corrected chi connectivity index (χ1v) is 5.13. The first-order valence-electron chi connectivity index (χ1n) is 5.13. The summed E-state index contributed by atoms with van der Waals surface area (Å²) in [5.41, 5.74) is 6.68. The van der Waals surface area contributed by atoms with Crippen LogP contribution in [0.1, 0.15) is 18.4 Å². The molecule has 0 aliphatic heterocycles. The van der Waals surface area contributed by atoms with E-state index in [2.05, 4.69) is 0 Å². The molecule has 0 aromatic heterocycles. The van der Waals surface area contributed by atoms with Crippen LogP contribution in [0.3, 0.4) is 0 Å². The molecule has 0 radical (unpaired) electrons. The minimum absolute atomic E-state index is 0.00331. The fourth-order valence-electron chi connectivity index (χ4n) is 1.40. The predicted octanol–water partition coefficient (Wildman–Crippen LogP) is 0.990. The Kier molecular flexibility index (Phi) is 4.66. The summed E-state index contributed by atoms with van der Waals surface area (Å²) >= 11 is 0. The van der Waals surface area contributed by atoms with Gasteiger partial charge in [0.15, 0.2) is 0 Å². The van der Waals surface area contributed by atoms with Crippen LogP contribution in [0, 0.1) is 0 Å². The molecule has 1 aromatic rings. The van der Waals surface area contributed by atoms with Crippen LogP contribution in [0.5, 0.6) is 0 Å². The molecular formula is C12H15NO3. The zero-order valence-corrected chi connectivity index (χ0v) is 8.93. The van der Waals surface area contributed by atoms with Gasteiger partial charge in [-0.2, -0.15) is 0 Å². The number of benzene rings is 1. The maximum Gasteiger partial charge on any atom is 0.303 e. The third-order valence-corrected chi connectivity index (χ3v) is 2.30. The number of carbonyl (C=O) groups is 2. The number of Topliss-reactive ketones (excluding diaryl/α,β-unsaturated/α-hetero) is 1. The van der Waals surface area contributed by atoms with Crippen molar-refractivity contribution < 1.29 is 14.7 Å². The molecule has 1 rings (SSSR count). The molecule has 0 unspecified atom stereocenters. The van der Waals surface area contributed by atoms with Crippen LogP contribution < -0.4 is 5.73 Å². The molecule has 0 fully saturated rings. The van der Waals surface area contributed by atoms with Gasteiger partial charge < -0.3 is 10.8 Å². The van der Waals surface area contributed by atoms with Crippen molar-refractivity contribution in [2.75, 3.05) is 0 Å². The summed E-state index contributed by atoms with van der Waals surface area (Å²) < 4.78 is 0. The Morgan fingerprint density at radius 3 is 2.38 bits per heavy atom. The maximum absolute atomic E-state index is 11.5. The topological polar surface area (TPSA) is 80.4 Å². The van der Waals surface area contributed by atoms with Gasteiger partial charge in [0.2, 0.25) is 0 Å². The van der Waals surface area contributed by atoms with Crippen LogP contribution in [0.2, 0.25) is 0 Å². The number of carboxylic acid groups (broad SMARTS) is 1. The van der Waals surface area contributed by atoms with E-state index < -0.39 is 12.0 Å². The number of ketones is 1. The highest BCUT2D eigenvalue weighted by Crippen LogP contribution is 2.04. The lowest BCUT2D eigenvalue weighted by molar-refractivity contribution is -0.138. The number of hydrogen-bond donors (Lipinski definition) is 2. The average Bonchev–Trinajstić information content (AvgIpc) is 2.27. The summed E-state index contributed by atoms with van der Waals surface area (Å²) in [6.45, 7) is 0. The van der Waals surface area contributed by atoms with Gasteiger partial charge in [0, 0.05) is 6.42 Å². The Labute approximate surface area is 94.1 Å². The number of hydrogen-bond acceptors (Lipinski definition) is 3. The third-order valence-electron chi connectivity index (χ3n) is 2.30. The van der Waals surface area contributed by atoms with Crippen LogP contribution in [-0.4, -0.2) is 22.9 Å². The van der Waals surface area contributed by atoms with Crippen molar-refractivity contribution in [1.82, 2.24) is 0 Å². The summed E-state index contributed by atoms with van der Waals surface area (Å²) in [5.74, 6) is -1.17. The SMILES string of the molecule is N[C@H](Cc1ccccc1)C(=O)CCC(=O)O. The van der Waals surface area contributed by atoms with Gasteiger partial charge in [-0.05, 0) is 12.0 Å². The molecule has 0 saturated carbocycles. The molecule has 1 atom stereocenters. The van der Waals surface area contributed by atoms with E-state index in [1.165, 1.54) is 0 Å². The molecule has 0 aliphatic rings. The van der Waals surface area contributed by atoms with Crippen LogP contribution in [0.15, 0.2) is 30.3 Å². The zero-order valence-electron chi connectivity index (χ0n) is 8.93. The van der Waals surface area contributed by atoms with Gasteiger partial charge in [-0.1, -0.05) is 30.3 Å². The molecular weight excluding hydrogens is 206 g/mol. The molecule has 4 nitrogen and oxygen atoms in total. The predicted molar refractivity (Wildman–Crippen MR) is 60.0 cm³/mol. The fraction of sp³-hybridized carbons (Fsp3) is 0.333. The van der Waals surface area contributed by atoms with Crippen LogP contribution in [-0.2, 0) is 16.0 Å². The Hall–Kier alpha value is -1.68. The van der Waals surface area contributed by atoms with Gasteiger partial charge >= 0.3 is 5.97 Å². The lowest BCUT2D eigenvalue weighted by atomic mass is 10.0. The van der Waals surface area contributed by atoms with E-state index in [1.54, 1.807) is 0 Å². The number of nitrogens with two attached hydrogens (primary N) is 1. The zero-order chi connectivity index (χ0) is 12.0. The quantitative estimate of drug-likeness (QED) is 0.750. The molecule has 16 heavy (non-hydrogen) atoms. The highest BCUT2D eigenvalue weighted by Gasteiger charge is 2.14. The second-order valence-corrected chi connectivity index (χ2v) is 3.66. The van der Waals surface area contributed by atoms with Gasteiger partial charge in [0.05, 0.1) is 12.5 Å². The molecule has 3 N–H and O–H groups in total. The standard InChI is InChI=1S/C12H15NO3/c13-10(11(14)6-7-12(15)16)8-9-4-2-1-3-5-9/h1-5,10H,6-8,13H2,(H,15,16)/t10-/m1/s1. The largest absolute Gasteiger partial charge is 0.481 e. The number of rotatable bonds is 6. The lowest BCUT2D eigenvalue weighted by Gasteiger charge is -2.09. The lowest BCUT2D eigenvalue weighted by Crippen LogP contribution is -2.32. The molecule has 0 spiro atoms. The third kappa shape index (κ3) is 4.23. The Morgan fingerprint density at radius 2 is 1.81 bits per heavy atom. The number of carbonyl (C=O) groups excluding carboxylic acids is 1. The summed E-state index contributed by atoms with van der Waals surface area (Å²) in [4.78, 5) is 21.8. The molecule has 0 aliphatic carbocycles. The Morgan fingerprint density at radius 1 is 1.19 bits per heavy atom. The highest BCUT2D eigenvalue weighted by atomic mass is 16.4. The second-order valence-electron chi connectivity index (χ2n) is 3.66. The van der Waals surface area contributed by atoms with E-state index in [0.717, 1.165) is 5.56 Å². The van der Waals surface area contributed by atoms with Crippen LogP contribution in [0.25, 0.3) is 0 Å². The van der Waals surface area contributed by atoms with Crippen molar-refractivity contribution in [3.63, 3.8) is 0 Å². The summed E-state index contributed by atoms with van der Waals surface area (Å²) in [5, 5.41) is 8.44. The number of aliphatic carboxylic acids is 1. The number of carboxylic acids is 1. The second kappa shape index (κ2) is 6.02. The molecule has 86 valence electrons. The molecule has 0 heterocycles. The summed E-state index contributed by atoms with van der Waals surface area (Å²) in [6.07, 6.45) is 0.309. The fourth-order valence-corrected chi connectivity index (χ4v) is 1.40. The van der Waals surface area contributed by atoms with E-state index in [0.29, 0.717) is 6.42 Å². The van der Waals surface area contributed by atoms with Crippen molar-refractivity contribution >= 4 is 11.8 Å². The molecule has 0 saturated heterocycles. The van der Waals surface area contributed by atoms with Gasteiger partial charge in [-0.25, -0.2) is 0 Å². The highest BCUT2D eigenvalue weighted by molar-refractivity contribution is 5.86. The maximum atomic E-state index is 11.5. The van der Waals surface area contributed by atoms with Gasteiger partial charge in [-0.3, -0.25) is 9.59 Å². The van der Waals surface area contributed by atoms with Crippen molar-refractivity contribution in [2.24, 2.45) is 5.73 Å². The Balaban J connectivity index is 2.43.